The van der Waals surface area contributed by atoms with Crippen molar-refractivity contribution in [3.05, 3.63) is 35.2 Å². The second-order valence-electron chi connectivity index (χ2n) is 2.97. The lowest BCUT2D eigenvalue weighted by Crippen LogP contribution is -2.14. The Hall–Kier alpha value is -1.55. The maximum absolute atomic E-state index is 10.7. The summed E-state index contributed by atoms with van der Waals surface area (Å²) in [6, 6.07) is 3.47. The van der Waals surface area contributed by atoms with Gasteiger partial charge in [0.05, 0.1) is 12.1 Å². The Morgan fingerprint density at radius 3 is 3.14 bits per heavy atom. The van der Waals surface area contributed by atoms with E-state index >= 15 is 0 Å². The number of rotatable bonds is 2. The van der Waals surface area contributed by atoms with Crippen LogP contribution in [-0.2, 0) is 11.2 Å². The highest BCUT2D eigenvalue weighted by Gasteiger charge is 2.05. The van der Waals surface area contributed by atoms with Gasteiger partial charge >= 0.3 is 0 Å². The highest BCUT2D eigenvalue weighted by atomic mass is 35.5. The number of carbonyl (C=O) groups is 1. The number of aromatic nitrogens is 2. The number of primary amides is 1. The molecule has 0 aliphatic heterocycles. The van der Waals surface area contributed by atoms with Crippen LogP contribution in [-0.4, -0.2) is 15.3 Å². The van der Waals surface area contributed by atoms with E-state index in [4.69, 9.17) is 17.3 Å². The number of amides is 1. The molecule has 0 aliphatic rings. The number of pyridine rings is 1. The Morgan fingerprint density at radius 2 is 2.43 bits per heavy atom. The summed E-state index contributed by atoms with van der Waals surface area (Å²) in [5.41, 5.74) is 6.58. The number of halogens is 1. The Labute approximate surface area is 85.3 Å². The minimum atomic E-state index is -0.373. The van der Waals surface area contributed by atoms with Crippen LogP contribution in [0.25, 0.3) is 5.65 Å². The van der Waals surface area contributed by atoms with Gasteiger partial charge in [-0.3, -0.25) is 4.79 Å². The summed E-state index contributed by atoms with van der Waals surface area (Å²) in [4.78, 5) is 14.8. The second kappa shape index (κ2) is 3.31. The fourth-order valence-electron chi connectivity index (χ4n) is 1.32. The molecule has 2 aromatic heterocycles. The number of fused-ring (bicyclic) bond motifs is 1. The van der Waals surface area contributed by atoms with Gasteiger partial charge in [0.25, 0.3) is 0 Å². The number of carbonyl (C=O) groups excluding carboxylic acids is 1. The first-order valence-electron chi connectivity index (χ1n) is 4.06. The van der Waals surface area contributed by atoms with Crippen LogP contribution in [0.5, 0.6) is 0 Å². The van der Waals surface area contributed by atoms with Gasteiger partial charge in [0, 0.05) is 17.4 Å². The maximum Gasteiger partial charge on any atom is 0.223 e. The van der Waals surface area contributed by atoms with Crippen molar-refractivity contribution < 1.29 is 4.79 Å². The molecule has 0 bridgehead atoms. The quantitative estimate of drug-likeness (QED) is 0.803. The zero-order valence-electron chi connectivity index (χ0n) is 7.27. The third-order valence-electron chi connectivity index (χ3n) is 1.91. The van der Waals surface area contributed by atoms with Crippen LogP contribution in [0.1, 0.15) is 5.69 Å². The standard InChI is InChI=1S/C9H8ClN3O/c10-6-1-2-13-7(4-8(11)14)5-12-9(13)3-6/h1-3,5H,4H2,(H2,11,14). The molecule has 5 heteroatoms. The van der Waals surface area contributed by atoms with Gasteiger partial charge < -0.3 is 10.1 Å². The number of nitrogens with zero attached hydrogens (tertiary/aromatic N) is 2. The largest absolute Gasteiger partial charge is 0.369 e. The smallest absolute Gasteiger partial charge is 0.223 e. The summed E-state index contributed by atoms with van der Waals surface area (Å²) < 4.78 is 1.79. The average Bonchev–Trinajstić information content (AvgIpc) is 2.47. The average molecular weight is 210 g/mol. The lowest BCUT2D eigenvalue weighted by molar-refractivity contribution is -0.117. The van der Waals surface area contributed by atoms with E-state index in [1.54, 1.807) is 28.9 Å². The Morgan fingerprint density at radius 1 is 1.64 bits per heavy atom. The number of imidazole rings is 1. The molecule has 14 heavy (non-hydrogen) atoms. The topological polar surface area (TPSA) is 60.4 Å². The van der Waals surface area contributed by atoms with E-state index in [0.29, 0.717) is 10.7 Å². The summed E-state index contributed by atoms with van der Waals surface area (Å²) in [5, 5.41) is 0.619. The molecule has 0 spiro atoms. The molecule has 0 saturated carbocycles. The van der Waals surface area contributed by atoms with Gasteiger partial charge in [0.1, 0.15) is 5.65 Å². The van der Waals surface area contributed by atoms with E-state index < -0.39 is 0 Å². The van der Waals surface area contributed by atoms with E-state index in [9.17, 15) is 4.79 Å². The van der Waals surface area contributed by atoms with Crippen molar-refractivity contribution in [2.24, 2.45) is 5.73 Å². The van der Waals surface area contributed by atoms with Gasteiger partial charge in [-0.25, -0.2) is 4.98 Å². The normalized spacial score (nSPS) is 10.6. The van der Waals surface area contributed by atoms with Crippen LogP contribution in [0.4, 0.5) is 0 Å². The van der Waals surface area contributed by atoms with Gasteiger partial charge in [0.2, 0.25) is 5.91 Å². The minimum Gasteiger partial charge on any atom is -0.369 e. The van der Waals surface area contributed by atoms with Gasteiger partial charge in [0.15, 0.2) is 0 Å². The number of hydrogen-bond donors (Lipinski definition) is 1. The van der Waals surface area contributed by atoms with Crippen molar-refractivity contribution in [1.29, 1.82) is 0 Å². The Kier molecular flexibility index (Phi) is 2.13. The molecule has 0 aliphatic carbocycles. The zero-order valence-corrected chi connectivity index (χ0v) is 8.03. The Balaban J connectivity index is 2.52. The van der Waals surface area contributed by atoms with Crippen LogP contribution in [0, 0.1) is 0 Å². The fraction of sp³-hybridized carbons (Fsp3) is 0.111. The lowest BCUT2D eigenvalue weighted by atomic mass is 10.3. The zero-order chi connectivity index (χ0) is 10.1. The van der Waals surface area contributed by atoms with E-state index in [-0.39, 0.29) is 12.3 Å². The number of nitrogens with two attached hydrogens (primary N) is 1. The second-order valence-corrected chi connectivity index (χ2v) is 3.40. The van der Waals surface area contributed by atoms with Crippen molar-refractivity contribution in [1.82, 2.24) is 9.38 Å². The molecule has 2 heterocycles. The minimum absolute atomic E-state index is 0.183. The monoisotopic (exact) mass is 209 g/mol. The Bertz CT molecular complexity index is 492. The molecular formula is C9H8ClN3O. The molecule has 0 radical (unpaired) electrons. The maximum atomic E-state index is 10.7. The summed E-state index contributed by atoms with van der Waals surface area (Å²) in [6.45, 7) is 0. The molecule has 2 rings (SSSR count). The van der Waals surface area contributed by atoms with Crippen LogP contribution >= 0.6 is 11.6 Å². The van der Waals surface area contributed by atoms with Crippen molar-refractivity contribution in [2.75, 3.05) is 0 Å². The van der Waals surface area contributed by atoms with E-state index in [1.165, 1.54) is 0 Å². The van der Waals surface area contributed by atoms with Crippen LogP contribution < -0.4 is 5.73 Å². The molecule has 0 aromatic carbocycles. The first kappa shape index (κ1) is 9.02. The van der Waals surface area contributed by atoms with Crippen LogP contribution in [0.2, 0.25) is 5.02 Å². The van der Waals surface area contributed by atoms with Gasteiger partial charge in [-0.2, -0.15) is 0 Å². The third kappa shape index (κ3) is 1.56. The predicted molar refractivity (Wildman–Crippen MR) is 53.1 cm³/mol. The molecule has 2 N–H and O–H groups in total. The molecule has 0 fully saturated rings. The fourth-order valence-corrected chi connectivity index (χ4v) is 1.47. The molecule has 4 nitrogen and oxygen atoms in total. The summed E-state index contributed by atoms with van der Waals surface area (Å²) >= 11 is 5.79. The third-order valence-corrected chi connectivity index (χ3v) is 2.14. The first-order chi connectivity index (χ1) is 6.66. The van der Waals surface area contributed by atoms with Crippen molar-refractivity contribution in [2.45, 2.75) is 6.42 Å². The SMILES string of the molecule is NC(=O)Cc1cnc2cc(Cl)ccn12. The molecule has 0 unspecified atom stereocenters. The molecule has 0 atom stereocenters. The molecule has 1 amide bonds. The van der Waals surface area contributed by atoms with E-state index in [0.717, 1.165) is 5.69 Å². The summed E-state index contributed by atoms with van der Waals surface area (Å²) in [6.07, 6.45) is 3.57. The molecule has 2 aromatic rings. The van der Waals surface area contributed by atoms with Gasteiger partial charge in [-0.15, -0.1) is 0 Å². The van der Waals surface area contributed by atoms with Crippen molar-refractivity contribution >= 4 is 23.2 Å². The molecular weight excluding hydrogens is 202 g/mol. The van der Waals surface area contributed by atoms with Crippen LogP contribution in [0.15, 0.2) is 24.5 Å². The van der Waals surface area contributed by atoms with Gasteiger partial charge in [-0.05, 0) is 12.1 Å². The lowest BCUT2D eigenvalue weighted by Gasteiger charge is -1.98. The molecule has 72 valence electrons. The van der Waals surface area contributed by atoms with Gasteiger partial charge in [-0.1, -0.05) is 11.6 Å². The summed E-state index contributed by atoms with van der Waals surface area (Å²) in [7, 11) is 0. The van der Waals surface area contributed by atoms with Crippen molar-refractivity contribution in [3.63, 3.8) is 0 Å². The molecule has 0 saturated heterocycles. The van der Waals surface area contributed by atoms with Crippen LogP contribution in [0.3, 0.4) is 0 Å². The first-order valence-corrected chi connectivity index (χ1v) is 4.44. The van der Waals surface area contributed by atoms with Crippen molar-refractivity contribution in [3.8, 4) is 0 Å². The summed E-state index contributed by atoms with van der Waals surface area (Å²) in [5.74, 6) is -0.373. The van der Waals surface area contributed by atoms with E-state index in [1.807, 2.05) is 0 Å². The highest BCUT2D eigenvalue weighted by Crippen LogP contribution is 2.13. The van der Waals surface area contributed by atoms with E-state index in [2.05, 4.69) is 4.98 Å². The highest BCUT2D eigenvalue weighted by molar-refractivity contribution is 6.30. The predicted octanol–water partition coefficient (Wildman–Crippen LogP) is 1.02. The number of hydrogen-bond acceptors (Lipinski definition) is 2.